The fourth-order valence-electron chi connectivity index (χ4n) is 6.29. The molecule has 3 heterocycles. The maximum absolute atomic E-state index is 14.2. The quantitative estimate of drug-likeness (QED) is 0.481. The largest absolute Gasteiger partial charge is 0.487 e. The molecule has 210 valence electrons. The van der Waals surface area contributed by atoms with E-state index in [9.17, 15) is 19.5 Å². The number of nitrogens with zero attached hydrogens (tertiary/aromatic N) is 3. The van der Waals surface area contributed by atoms with Crippen LogP contribution in [0.4, 0.5) is 0 Å². The van der Waals surface area contributed by atoms with Gasteiger partial charge in [-0.15, -0.1) is 0 Å². The average molecular weight is 578 g/mol. The van der Waals surface area contributed by atoms with E-state index < -0.39 is 23.3 Å². The summed E-state index contributed by atoms with van der Waals surface area (Å²) in [5.74, 6) is -0.743. The Balaban J connectivity index is 1.53. The molecule has 3 aliphatic rings. The van der Waals surface area contributed by atoms with Crippen LogP contribution in [-0.2, 0) is 27.4 Å². The fourth-order valence-corrected chi connectivity index (χ4v) is 6.68. The molecule has 2 aromatic rings. The number of hydrogen-bond acceptors (Lipinski definition) is 6. The lowest BCUT2D eigenvalue weighted by Gasteiger charge is -2.45. The molecule has 1 aromatic carbocycles. The van der Waals surface area contributed by atoms with Gasteiger partial charge in [0, 0.05) is 36.6 Å². The third-order valence-electron chi connectivity index (χ3n) is 8.63. The van der Waals surface area contributed by atoms with Gasteiger partial charge in [-0.05, 0) is 57.2 Å². The number of amides is 2. The molecule has 39 heavy (non-hydrogen) atoms. The van der Waals surface area contributed by atoms with Gasteiger partial charge in [0.05, 0.1) is 17.4 Å². The Kier molecular flexibility index (Phi) is 7.84. The molecule has 3 atom stereocenters. The Morgan fingerprint density at radius 1 is 1.21 bits per heavy atom. The van der Waals surface area contributed by atoms with E-state index in [4.69, 9.17) is 32.5 Å². The highest BCUT2D eigenvalue weighted by molar-refractivity contribution is 6.32. The lowest BCUT2D eigenvalue weighted by Crippen LogP contribution is -2.52. The number of carbonyl (C=O) groups is 3. The summed E-state index contributed by atoms with van der Waals surface area (Å²) < 4.78 is 11.4. The first-order valence-corrected chi connectivity index (χ1v) is 14.2. The third kappa shape index (κ3) is 5.11. The topological polar surface area (TPSA) is 113 Å². The van der Waals surface area contributed by atoms with E-state index in [0.29, 0.717) is 66.0 Å². The van der Waals surface area contributed by atoms with Gasteiger partial charge in [-0.1, -0.05) is 41.2 Å². The normalized spacial score (nSPS) is 25.1. The molecular weight excluding hydrogens is 545 g/mol. The molecule has 1 N–H and O–H groups in total. The average Bonchev–Trinajstić information content (AvgIpc) is 3.47. The van der Waals surface area contributed by atoms with Crippen LogP contribution in [0.25, 0.3) is 0 Å². The Morgan fingerprint density at radius 2 is 2.00 bits per heavy atom. The minimum atomic E-state index is -1.14. The van der Waals surface area contributed by atoms with E-state index in [2.05, 4.69) is 5.16 Å². The van der Waals surface area contributed by atoms with Gasteiger partial charge >= 0.3 is 5.97 Å². The Hall–Kier alpha value is -2.78. The molecule has 1 saturated heterocycles. The molecule has 5 rings (SSSR count). The number of carboxylic acids is 1. The molecule has 1 saturated carbocycles. The Labute approximate surface area is 237 Å². The summed E-state index contributed by atoms with van der Waals surface area (Å²) in [5, 5.41) is 15.0. The van der Waals surface area contributed by atoms with E-state index in [1.165, 1.54) is 0 Å². The molecule has 2 fully saturated rings. The number of likely N-dealkylation sites (tertiary alicyclic amines) is 1. The van der Waals surface area contributed by atoms with Crippen molar-refractivity contribution in [3.63, 3.8) is 0 Å². The van der Waals surface area contributed by atoms with Crippen molar-refractivity contribution in [1.82, 2.24) is 15.0 Å². The van der Waals surface area contributed by atoms with Crippen LogP contribution in [-0.4, -0.2) is 57.5 Å². The summed E-state index contributed by atoms with van der Waals surface area (Å²) in [4.78, 5) is 42.8. The van der Waals surface area contributed by atoms with E-state index in [-0.39, 0.29) is 25.0 Å². The number of fused-ring (bicyclic) bond motifs is 1. The van der Waals surface area contributed by atoms with E-state index in [0.717, 1.165) is 30.4 Å². The second kappa shape index (κ2) is 11.0. The molecule has 9 nitrogen and oxygen atoms in total. The molecule has 2 amide bonds. The first-order chi connectivity index (χ1) is 18.6. The number of hydrogen-bond donors (Lipinski definition) is 1. The van der Waals surface area contributed by atoms with Crippen molar-refractivity contribution in [3.8, 4) is 5.75 Å². The molecule has 2 unspecified atom stereocenters. The second-order valence-corrected chi connectivity index (χ2v) is 11.8. The SMILES string of the molecule is Cc1onc(COc2ccc(Cl)c3c2[C@@H](CN2CCCC2=O)N(C(=O)C2CCCCC2(C)C(=O)O)CC3)c1Cl. The van der Waals surface area contributed by atoms with Crippen molar-refractivity contribution in [2.45, 2.75) is 71.4 Å². The van der Waals surface area contributed by atoms with E-state index in [1.807, 2.05) is 0 Å². The predicted octanol–water partition coefficient (Wildman–Crippen LogP) is 5.20. The number of aliphatic carboxylic acids is 1. The third-order valence-corrected chi connectivity index (χ3v) is 9.47. The van der Waals surface area contributed by atoms with Crippen molar-refractivity contribution in [1.29, 1.82) is 0 Å². The summed E-state index contributed by atoms with van der Waals surface area (Å²) >= 11 is 13.0. The van der Waals surface area contributed by atoms with Crippen molar-refractivity contribution in [3.05, 3.63) is 44.8 Å². The van der Waals surface area contributed by atoms with Crippen LogP contribution in [0.2, 0.25) is 10.0 Å². The van der Waals surface area contributed by atoms with Gasteiger partial charge in [0.15, 0.2) is 5.76 Å². The number of aryl methyl sites for hydroxylation is 1. The highest BCUT2D eigenvalue weighted by Gasteiger charge is 2.50. The highest BCUT2D eigenvalue weighted by atomic mass is 35.5. The van der Waals surface area contributed by atoms with Crippen LogP contribution in [0, 0.1) is 18.3 Å². The first kappa shape index (κ1) is 27.8. The van der Waals surface area contributed by atoms with Crippen molar-refractivity contribution < 1.29 is 28.8 Å². The predicted molar refractivity (Wildman–Crippen MR) is 144 cm³/mol. The first-order valence-electron chi connectivity index (χ1n) is 13.5. The smallest absolute Gasteiger partial charge is 0.310 e. The van der Waals surface area contributed by atoms with Crippen LogP contribution in [0.1, 0.15) is 74.1 Å². The van der Waals surface area contributed by atoms with Crippen molar-refractivity contribution >= 4 is 41.0 Å². The Morgan fingerprint density at radius 3 is 2.67 bits per heavy atom. The summed E-state index contributed by atoms with van der Waals surface area (Å²) in [7, 11) is 0. The lowest BCUT2D eigenvalue weighted by atomic mass is 9.66. The number of carboxylic acid groups (broad SMARTS) is 1. The standard InChI is InChI=1S/C28H33Cl2N3O6/c1-16-25(30)20(31-39-16)15-38-22-9-8-19(29)17-10-13-33(21(24(17)22)14-32-12-5-7-23(32)34)26(35)18-6-3-4-11-28(18,2)27(36)37/h8-9,18,21H,3-7,10-15H2,1-2H3,(H,36,37)/t18?,21-,28?/m1/s1. The number of ether oxygens (including phenoxy) is 1. The monoisotopic (exact) mass is 577 g/mol. The zero-order valence-corrected chi connectivity index (χ0v) is 23.7. The number of aromatic nitrogens is 1. The van der Waals surface area contributed by atoms with Crippen LogP contribution >= 0.6 is 23.2 Å². The summed E-state index contributed by atoms with van der Waals surface area (Å²) in [6.07, 6.45) is 4.27. The maximum Gasteiger partial charge on any atom is 0.310 e. The molecule has 2 aliphatic heterocycles. The van der Waals surface area contributed by atoms with Crippen molar-refractivity contribution in [2.24, 2.45) is 11.3 Å². The minimum absolute atomic E-state index is 0.0388. The Bertz CT molecular complexity index is 1300. The van der Waals surface area contributed by atoms with Gasteiger partial charge < -0.3 is 24.2 Å². The summed E-state index contributed by atoms with van der Waals surface area (Å²) in [6, 6.07) is 2.99. The minimum Gasteiger partial charge on any atom is -0.487 e. The van der Waals surface area contributed by atoms with Gasteiger partial charge in [0.25, 0.3) is 0 Å². The lowest BCUT2D eigenvalue weighted by molar-refractivity contribution is -0.162. The van der Waals surface area contributed by atoms with Gasteiger partial charge in [0.1, 0.15) is 23.1 Å². The van der Waals surface area contributed by atoms with Gasteiger partial charge in [-0.2, -0.15) is 0 Å². The number of benzene rings is 1. The molecule has 1 aliphatic carbocycles. The molecule has 0 spiro atoms. The van der Waals surface area contributed by atoms with E-state index >= 15 is 0 Å². The number of halogens is 2. The van der Waals surface area contributed by atoms with E-state index in [1.54, 1.807) is 35.8 Å². The zero-order chi connectivity index (χ0) is 27.9. The second-order valence-electron chi connectivity index (χ2n) is 11.0. The van der Waals surface area contributed by atoms with Crippen LogP contribution in [0.15, 0.2) is 16.7 Å². The summed E-state index contributed by atoms with van der Waals surface area (Å²) in [6.45, 7) is 4.71. The van der Waals surface area contributed by atoms with Gasteiger partial charge in [0.2, 0.25) is 11.8 Å². The zero-order valence-electron chi connectivity index (χ0n) is 22.2. The van der Waals surface area contributed by atoms with Crippen molar-refractivity contribution in [2.75, 3.05) is 19.6 Å². The summed E-state index contributed by atoms with van der Waals surface area (Å²) in [5.41, 5.74) is 0.916. The fraction of sp³-hybridized carbons (Fsp3) is 0.571. The van der Waals surface area contributed by atoms with Crippen LogP contribution in [0.5, 0.6) is 5.75 Å². The molecule has 0 bridgehead atoms. The molecule has 11 heteroatoms. The van der Waals surface area contributed by atoms with Gasteiger partial charge in [-0.25, -0.2) is 0 Å². The van der Waals surface area contributed by atoms with Gasteiger partial charge in [-0.3, -0.25) is 14.4 Å². The molecule has 0 radical (unpaired) electrons. The highest BCUT2D eigenvalue weighted by Crippen LogP contribution is 2.46. The number of rotatable bonds is 7. The molecule has 1 aromatic heterocycles. The van der Waals surface area contributed by atoms with Crippen LogP contribution < -0.4 is 4.74 Å². The molecular formula is C28H33Cl2N3O6. The number of carbonyl (C=O) groups excluding carboxylic acids is 2. The maximum atomic E-state index is 14.2. The van der Waals surface area contributed by atoms with Crippen LogP contribution in [0.3, 0.4) is 0 Å².